The molecule has 0 spiro atoms. The van der Waals surface area contributed by atoms with E-state index in [4.69, 9.17) is 18.0 Å². The third-order valence-corrected chi connectivity index (χ3v) is 3.79. The Morgan fingerprint density at radius 2 is 2.00 bits per heavy atom. The van der Waals surface area contributed by atoms with Crippen molar-refractivity contribution < 1.29 is 5.11 Å². The van der Waals surface area contributed by atoms with Crippen molar-refractivity contribution in [2.24, 2.45) is 16.0 Å². The highest BCUT2D eigenvalue weighted by molar-refractivity contribution is 7.80. The molecule has 0 radical (unpaired) electrons. The van der Waals surface area contributed by atoms with E-state index in [1.165, 1.54) is 12.8 Å². The lowest BCUT2D eigenvalue weighted by atomic mass is 10.2. The second-order valence-corrected chi connectivity index (χ2v) is 5.54. The van der Waals surface area contributed by atoms with Gasteiger partial charge in [0, 0.05) is 5.39 Å². The number of nitrogens with two attached hydrogens (primary N) is 1. The van der Waals surface area contributed by atoms with Gasteiger partial charge in [-0.25, -0.2) is 0 Å². The molecule has 2 aromatic rings. The normalized spacial score (nSPS) is 16.2. The van der Waals surface area contributed by atoms with Crippen LogP contribution in [0.1, 0.15) is 12.8 Å². The maximum Gasteiger partial charge on any atom is 0.221 e. The van der Waals surface area contributed by atoms with E-state index in [-0.39, 0.29) is 11.0 Å². The van der Waals surface area contributed by atoms with Gasteiger partial charge in [-0.2, -0.15) is 0 Å². The first-order valence-corrected chi connectivity index (χ1v) is 7.31. The molecule has 1 aliphatic rings. The minimum Gasteiger partial charge on any atom is -0.493 e. The van der Waals surface area contributed by atoms with Gasteiger partial charge in [-0.1, -0.05) is 18.2 Å². The highest BCUT2D eigenvalue weighted by atomic mass is 32.1. The molecule has 0 atom stereocenters. The van der Waals surface area contributed by atoms with E-state index in [0.29, 0.717) is 12.4 Å². The molecule has 0 bridgehead atoms. The van der Waals surface area contributed by atoms with E-state index in [0.717, 1.165) is 24.0 Å². The number of aromatic nitrogens is 1. The molecular formula is C14H17N5OS. The molecule has 0 saturated carbocycles. The number of fused-ring (bicyclic) bond motifs is 1. The predicted molar refractivity (Wildman–Crippen MR) is 85.7 cm³/mol. The molecule has 21 heavy (non-hydrogen) atoms. The number of hydrogen-bond acceptors (Lipinski definition) is 4. The topological polar surface area (TPSA) is 79.1 Å². The fourth-order valence-electron chi connectivity index (χ4n) is 2.74. The van der Waals surface area contributed by atoms with Crippen LogP contribution >= 0.6 is 12.2 Å². The van der Waals surface area contributed by atoms with Crippen LogP contribution in [0.4, 0.5) is 5.69 Å². The van der Waals surface area contributed by atoms with Crippen molar-refractivity contribution in [3.05, 3.63) is 24.3 Å². The summed E-state index contributed by atoms with van der Waals surface area (Å²) in [5.41, 5.74) is 6.69. The number of nitrogens with zero attached hydrogens (tertiary/aromatic N) is 4. The first-order valence-electron chi connectivity index (χ1n) is 6.90. The summed E-state index contributed by atoms with van der Waals surface area (Å²) >= 11 is 4.70. The Hall–Kier alpha value is -1.99. The summed E-state index contributed by atoms with van der Waals surface area (Å²) in [5.74, 6) is 0.100. The van der Waals surface area contributed by atoms with Crippen LogP contribution in [0.2, 0.25) is 0 Å². The molecule has 3 rings (SSSR count). The first kappa shape index (κ1) is 14.0. The maximum absolute atomic E-state index is 10.5. The SMILES string of the molecule is NC(=S)N=Nc1c(O)n(CN2CCCC2)c2ccccc12. The summed E-state index contributed by atoms with van der Waals surface area (Å²) in [6.45, 7) is 2.75. The van der Waals surface area contributed by atoms with Gasteiger partial charge in [0.15, 0.2) is 5.69 Å². The van der Waals surface area contributed by atoms with Crippen molar-refractivity contribution in [2.45, 2.75) is 19.5 Å². The molecule has 3 N–H and O–H groups in total. The van der Waals surface area contributed by atoms with E-state index in [9.17, 15) is 5.11 Å². The first-order chi connectivity index (χ1) is 10.2. The van der Waals surface area contributed by atoms with Crippen molar-refractivity contribution in [2.75, 3.05) is 13.1 Å². The Morgan fingerprint density at radius 3 is 2.71 bits per heavy atom. The summed E-state index contributed by atoms with van der Waals surface area (Å²) in [5, 5.41) is 19.0. The number of rotatable bonds is 3. The van der Waals surface area contributed by atoms with Crippen LogP contribution in [-0.2, 0) is 6.67 Å². The van der Waals surface area contributed by atoms with Crippen LogP contribution in [0.5, 0.6) is 5.88 Å². The molecule has 1 aromatic carbocycles. The molecule has 0 unspecified atom stereocenters. The van der Waals surface area contributed by atoms with Crippen molar-refractivity contribution in [3.8, 4) is 5.88 Å². The average Bonchev–Trinajstić information content (AvgIpc) is 3.06. The Bertz CT molecular complexity index is 703. The van der Waals surface area contributed by atoms with Crippen LogP contribution in [-0.4, -0.2) is 32.8 Å². The lowest BCUT2D eigenvalue weighted by Gasteiger charge is -2.17. The van der Waals surface area contributed by atoms with Crippen LogP contribution in [0.25, 0.3) is 10.9 Å². The zero-order chi connectivity index (χ0) is 14.8. The van der Waals surface area contributed by atoms with Gasteiger partial charge < -0.3 is 10.8 Å². The minimum atomic E-state index is -0.0502. The zero-order valence-corrected chi connectivity index (χ0v) is 12.4. The summed E-state index contributed by atoms with van der Waals surface area (Å²) in [6, 6.07) is 7.72. The highest BCUT2D eigenvalue weighted by Gasteiger charge is 2.19. The Kier molecular flexibility index (Phi) is 3.85. The largest absolute Gasteiger partial charge is 0.493 e. The van der Waals surface area contributed by atoms with Gasteiger partial charge in [0.05, 0.1) is 12.2 Å². The number of aromatic hydroxyl groups is 1. The fraction of sp³-hybridized carbons (Fsp3) is 0.357. The molecule has 1 aliphatic heterocycles. The number of likely N-dealkylation sites (tertiary alicyclic amines) is 1. The van der Waals surface area contributed by atoms with Gasteiger partial charge in [-0.3, -0.25) is 9.47 Å². The van der Waals surface area contributed by atoms with Gasteiger partial charge in [0.2, 0.25) is 11.0 Å². The van der Waals surface area contributed by atoms with E-state index in [1.54, 1.807) is 0 Å². The van der Waals surface area contributed by atoms with Gasteiger partial charge >= 0.3 is 0 Å². The van der Waals surface area contributed by atoms with Crippen LogP contribution in [0, 0.1) is 0 Å². The minimum absolute atomic E-state index is 0.0502. The molecule has 2 heterocycles. The lowest BCUT2D eigenvalue weighted by Crippen LogP contribution is -2.22. The molecule has 7 heteroatoms. The van der Waals surface area contributed by atoms with E-state index in [1.807, 2.05) is 28.8 Å². The third kappa shape index (κ3) is 2.74. The molecule has 0 aliphatic carbocycles. The van der Waals surface area contributed by atoms with Gasteiger partial charge in [0.1, 0.15) is 0 Å². The number of para-hydroxylation sites is 1. The van der Waals surface area contributed by atoms with Crippen LogP contribution in [0.3, 0.4) is 0 Å². The smallest absolute Gasteiger partial charge is 0.221 e. The average molecular weight is 303 g/mol. The Morgan fingerprint density at radius 1 is 1.29 bits per heavy atom. The lowest BCUT2D eigenvalue weighted by molar-refractivity contribution is 0.258. The van der Waals surface area contributed by atoms with Crippen molar-refractivity contribution in [1.82, 2.24) is 9.47 Å². The Labute approximate surface area is 127 Å². The van der Waals surface area contributed by atoms with Crippen molar-refractivity contribution in [1.29, 1.82) is 0 Å². The molecule has 110 valence electrons. The maximum atomic E-state index is 10.5. The number of benzene rings is 1. The summed E-state index contributed by atoms with van der Waals surface area (Å²) in [4.78, 5) is 2.31. The molecule has 6 nitrogen and oxygen atoms in total. The third-order valence-electron chi connectivity index (χ3n) is 3.71. The fourth-order valence-corrected chi connectivity index (χ4v) is 2.78. The van der Waals surface area contributed by atoms with E-state index >= 15 is 0 Å². The standard InChI is InChI=1S/C14H17N5OS/c15-14(21)17-16-12-10-5-1-2-6-11(10)19(13(12)20)9-18-7-3-4-8-18/h1-2,5-6,20H,3-4,7-9H2,(H2,15,21). The van der Waals surface area contributed by atoms with E-state index < -0.39 is 0 Å². The van der Waals surface area contributed by atoms with Crippen LogP contribution in [0.15, 0.2) is 34.5 Å². The van der Waals surface area contributed by atoms with Gasteiger partial charge in [0.25, 0.3) is 0 Å². The van der Waals surface area contributed by atoms with Crippen molar-refractivity contribution >= 4 is 33.9 Å². The molecule has 0 amide bonds. The predicted octanol–water partition coefficient (Wildman–Crippen LogP) is 2.73. The van der Waals surface area contributed by atoms with Gasteiger partial charge in [-0.15, -0.1) is 10.2 Å². The second kappa shape index (κ2) is 5.79. The Balaban J connectivity index is 2.06. The zero-order valence-electron chi connectivity index (χ0n) is 11.6. The molecule has 1 saturated heterocycles. The number of azo groups is 1. The molecule has 1 fully saturated rings. The van der Waals surface area contributed by atoms with E-state index in [2.05, 4.69) is 15.1 Å². The van der Waals surface area contributed by atoms with Gasteiger partial charge in [-0.05, 0) is 44.2 Å². The number of hydrogen-bond donors (Lipinski definition) is 2. The summed E-state index contributed by atoms with van der Waals surface area (Å²) in [6.07, 6.45) is 2.40. The quantitative estimate of drug-likeness (QED) is 0.675. The molecular weight excluding hydrogens is 286 g/mol. The molecule has 1 aromatic heterocycles. The monoisotopic (exact) mass is 303 g/mol. The second-order valence-electron chi connectivity index (χ2n) is 5.12. The van der Waals surface area contributed by atoms with Crippen LogP contribution < -0.4 is 5.73 Å². The number of thiocarbonyl (C=S) groups is 1. The summed E-state index contributed by atoms with van der Waals surface area (Å²) in [7, 11) is 0. The summed E-state index contributed by atoms with van der Waals surface area (Å²) < 4.78 is 1.86. The van der Waals surface area contributed by atoms with Crippen molar-refractivity contribution in [3.63, 3.8) is 0 Å². The highest BCUT2D eigenvalue weighted by Crippen LogP contribution is 2.39.